The molecule has 0 heterocycles. The quantitative estimate of drug-likeness (QED) is 0.573. The smallest absolute Gasteiger partial charge is 0.269 e. The maximum atomic E-state index is 10.9. The van der Waals surface area contributed by atoms with E-state index in [4.69, 9.17) is 5.41 Å². The molecule has 1 fully saturated rings. The zero-order chi connectivity index (χ0) is 8.27. The first-order valence-electron chi connectivity index (χ1n) is 3.73. The first-order valence-corrected chi connectivity index (χ1v) is 3.73. The lowest BCUT2D eigenvalue weighted by atomic mass is 10.3. The molecule has 0 aromatic heterocycles. The number of nitrogens with one attached hydrogen (secondary N) is 2. The first-order chi connectivity index (χ1) is 5.24. The van der Waals surface area contributed by atoms with E-state index in [1.807, 2.05) is 0 Å². The van der Waals surface area contributed by atoms with Crippen molar-refractivity contribution < 1.29 is 4.79 Å². The number of carbonyl (C=O) groups excluding carboxylic acids is 1. The van der Waals surface area contributed by atoms with Crippen LogP contribution in [0.3, 0.4) is 0 Å². The largest absolute Gasteiger partial charge is 0.350 e. The minimum atomic E-state index is -0.313. The highest BCUT2D eigenvalue weighted by atomic mass is 16.1. The highest BCUT2D eigenvalue weighted by molar-refractivity contribution is 6.41. The molecule has 1 aliphatic rings. The van der Waals surface area contributed by atoms with Crippen LogP contribution in [0.15, 0.2) is 12.7 Å². The predicted octanol–water partition coefficient (Wildman–Crippen LogP) is 0.718. The SMILES string of the molecule is C=CC(=N)C(=O)NCC1CC1. The second-order valence-corrected chi connectivity index (χ2v) is 2.77. The van der Waals surface area contributed by atoms with Crippen molar-refractivity contribution in [2.24, 2.45) is 5.92 Å². The lowest BCUT2D eigenvalue weighted by molar-refractivity contribution is -0.114. The van der Waals surface area contributed by atoms with E-state index in [1.54, 1.807) is 0 Å². The molecule has 11 heavy (non-hydrogen) atoms. The lowest BCUT2D eigenvalue weighted by Crippen LogP contribution is -2.30. The summed E-state index contributed by atoms with van der Waals surface area (Å²) in [6.45, 7) is 4.06. The maximum absolute atomic E-state index is 10.9. The number of rotatable bonds is 4. The molecule has 3 nitrogen and oxygen atoms in total. The Labute approximate surface area is 66.0 Å². The summed E-state index contributed by atoms with van der Waals surface area (Å²) in [6, 6.07) is 0. The highest BCUT2D eigenvalue weighted by Crippen LogP contribution is 2.27. The molecule has 0 atom stereocenters. The Morgan fingerprint density at radius 2 is 2.36 bits per heavy atom. The summed E-state index contributed by atoms with van der Waals surface area (Å²) < 4.78 is 0. The molecule has 1 rings (SSSR count). The van der Waals surface area contributed by atoms with Crippen molar-refractivity contribution >= 4 is 11.6 Å². The zero-order valence-corrected chi connectivity index (χ0v) is 6.39. The molecular formula is C8H12N2O. The van der Waals surface area contributed by atoms with Crippen LogP contribution < -0.4 is 5.32 Å². The Morgan fingerprint density at radius 1 is 1.73 bits per heavy atom. The Hall–Kier alpha value is -1.12. The molecule has 0 bridgehead atoms. The number of amides is 1. The Kier molecular flexibility index (Phi) is 2.41. The fourth-order valence-electron chi connectivity index (χ4n) is 0.747. The van der Waals surface area contributed by atoms with Gasteiger partial charge in [-0.1, -0.05) is 6.58 Å². The molecule has 0 unspecified atom stereocenters. The topological polar surface area (TPSA) is 53.0 Å². The standard InChI is InChI=1S/C8H12N2O/c1-2-7(9)8(11)10-5-6-3-4-6/h2,6,9H,1,3-5H2,(H,10,11). The van der Waals surface area contributed by atoms with Crippen LogP contribution in [-0.4, -0.2) is 18.2 Å². The molecule has 2 N–H and O–H groups in total. The van der Waals surface area contributed by atoms with E-state index in [0.717, 1.165) is 6.54 Å². The van der Waals surface area contributed by atoms with E-state index in [-0.39, 0.29) is 11.6 Å². The Bertz CT molecular complexity index is 194. The van der Waals surface area contributed by atoms with Gasteiger partial charge in [-0.05, 0) is 24.8 Å². The summed E-state index contributed by atoms with van der Waals surface area (Å²) in [5, 5.41) is 9.74. The minimum Gasteiger partial charge on any atom is -0.350 e. The van der Waals surface area contributed by atoms with Crippen molar-refractivity contribution in [3.63, 3.8) is 0 Å². The molecule has 0 aromatic rings. The minimum absolute atomic E-state index is 0.0503. The lowest BCUT2D eigenvalue weighted by Gasteiger charge is -2.00. The summed E-state index contributed by atoms with van der Waals surface area (Å²) in [6.07, 6.45) is 3.67. The molecule has 0 spiro atoms. The van der Waals surface area contributed by atoms with Gasteiger partial charge in [0, 0.05) is 6.54 Å². The summed E-state index contributed by atoms with van der Waals surface area (Å²) in [4.78, 5) is 10.9. The van der Waals surface area contributed by atoms with Crippen molar-refractivity contribution in [1.29, 1.82) is 5.41 Å². The average Bonchev–Trinajstić information content (AvgIpc) is 2.81. The van der Waals surface area contributed by atoms with Crippen molar-refractivity contribution in [3.8, 4) is 0 Å². The summed E-state index contributed by atoms with van der Waals surface area (Å²) in [7, 11) is 0. The van der Waals surface area contributed by atoms with Gasteiger partial charge < -0.3 is 5.32 Å². The molecule has 0 radical (unpaired) electrons. The van der Waals surface area contributed by atoms with E-state index in [9.17, 15) is 4.79 Å². The number of hydrogen-bond donors (Lipinski definition) is 2. The van der Waals surface area contributed by atoms with Crippen LogP contribution in [0, 0.1) is 11.3 Å². The molecule has 1 amide bonds. The fourth-order valence-corrected chi connectivity index (χ4v) is 0.747. The number of carbonyl (C=O) groups is 1. The van der Waals surface area contributed by atoms with Gasteiger partial charge in [0.05, 0.1) is 0 Å². The Balaban J connectivity index is 2.18. The third-order valence-corrected chi connectivity index (χ3v) is 1.70. The average molecular weight is 152 g/mol. The normalized spacial score (nSPS) is 15.6. The highest BCUT2D eigenvalue weighted by Gasteiger charge is 2.21. The van der Waals surface area contributed by atoms with Gasteiger partial charge in [0.15, 0.2) is 0 Å². The molecule has 0 aliphatic heterocycles. The van der Waals surface area contributed by atoms with Gasteiger partial charge >= 0.3 is 0 Å². The van der Waals surface area contributed by atoms with Gasteiger partial charge in [-0.25, -0.2) is 0 Å². The van der Waals surface area contributed by atoms with Crippen molar-refractivity contribution in [1.82, 2.24) is 5.32 Å². The van der Waals surface area contributed by atoms with Crippen molar-refractivity contribution in [2.75, 3.05) is 6.54 Å². The second-order valence-electron chi connectivity index (χ2n) is 2.77. The van der Waals surface area contributed by atoms with Crippen molar-refractivity contribution in [2.45, 2.75) is 12.8 Å². The van der Waals surface area contributed by atoms with Crippen LogP contribution >= 0.6 is 0 Å². The summed E-state index contributed by atoms with van der Waals surface area (Å²) in [5.74, 6) is 0.350. The van der Waals surface area contributed by atoms with Crippen LogP contribution in [0.1, 0.15) is 12.8 Å². The molecule has 60 valence electrons. The van der Waals surface area contributed by atoms with Crippen molar-refractivity contribution in [3.05, 3.63) is 12.7 Å². The third-order valence-electron chi connectivity index (χ3n) is 1.70. The van der Waals surface area contributed by atoms with Crippen LogP contribution in [0.2, 0.25) is 0 Å². The summed E-state index contributed by atoms with van der Waals surface area (Å²) in [5.41, 5.74) is -0.0503. The molecule has 0 saturated heterocycles. The monoisotopic (exact) mass is 152 g/mol. The first kappa shape index (κ1) is 7.98. The van der Waals surface area contributed by atoms with Crippen LogP contribution in [0.4, 0.5) is 0 Å². The van der Waals surface area contributed by atoms with E-state index in [1.165, 1.54) is 18.9 Å². The summed E-state index contributed by atoms with van der Waals surface area (Å²) >= 11 is 0. The van der Waals surface area contributed by atoms with E-state index < -0.39 is 0 Å². The van der Waals surface area contributed by atoms with Gasteiger partial charge in [0.1, 0.15) is 5.71 Å². The maximum Gasteiger partial charge on any atom is 0.269 e. The van der Waals surface area contributed by atoms with Crippen LogP contribution in [0.5, 0.6) is 0 Å². The van der Waals surface area contributed by atoms with Crippen LogP contribution in [-0.2, 0) is 4.79 Å². The molecular weight excluding hydrogens is 140 g/mol. The van der Waals surface area contributed by atoms with Gasteiger partial charge in [-0.2, -0.15) is 0 Å². The number of hydrogen-bond acceptors (Lipinski definition) is 2. The van der Waals surface area contributed by atoms with Crippen LogP contribution in [0.25, 0.3) is 0 Å². The third kappa shape index (κ3) is 2.53. The van der Waals surface area contributed by atoms with E-state index >= 15 is 0 Å². The fraction of sp³-hybridized carbons (Fsp3) is 0.500. The molecule has 1 saturated carbocycles. The van der Waals surface area contributed by atoms with E-state index in [0.29, 0.717) is 5.92 Å². The molecule has 3 heteroatoms. The Morgan fingerprint density at radius 3 is 2.82 bits per heavy atom. The second kappa shape index (κ2) is 3.32. The molecule has 0 aromatic carbocycles. The van der Waals surface area contributed by atoms with Gasteiger partial charge in [0.2, 0.25) is 0 Å². The van der Waals surface area contributed by atoms with E-state index in [2.05, 4.69) is 11.9 Å². The molecule has 1 aliphatic carbocycles. The predicted molar refractivity (Wildman–Crippen MR) is 43.7 cm³/mol. The van der Waals surface area contributed by atoms with Gasteiger partial charge in [-0.3, -0.25) is 10.2 Å². The zero-order valence-electron chi connectivity index (χ0n) is 6.39. The van der Waals surface area contributed by atoms with Gasteiger partial charge in [0.25, 0.3) is 5.91 Å². The van der Waals surface area contributed by atoms with Gasteiger partial charge in [-0.15, -0.1) is 0 Å².